The van der Waals surface area contributed by atoms with Gasteiger partial charge in [-0.15, -0.1) is 0 Å². The number of nitrogens with zero attached hydrogens (tertiary/aromatic N) is 1. The second kappa shape index (κ2) is 8.10. The zero-order valence-electron chi connectivity index (χ0n) is 13.9. The Morgan fingerprint density at radius 2 is 2.00 bits per heavy atom. The van der Waals surface area contributed by atoms with Crippen molar-refractivity contribution < 1.29 is 18.7 Å². The summed E-state index contributed by atoms with van der Waals surface area (Å²) in [7, 11) is 0. The lowest BCUT2D eigenvalue weighted by molar-refractivity contribution is -0.112. The van der Waals surface area contributed by atoms with E-state index >= 15 is 0 Å². The number of ether oxygens (including phenoxy) is 1. The molecule has 0 aliphatic heterocycles. The van der Waals surface area contributed by atoms with Gasteiger partial charge in [-0.05, 0) is 30.0 Å². The first-order valence-corrected chi connectivity index (χ1v) is 7.71. The molecule has 1 heterocycles. The van der Waals surface area contributed by atoms with Gasteiger partial charge >= 0.3 is 12.0 Å². The maximum atomic E-state index is 11.9. The molecule has 0 aliphatic rings. The molecule has 6 nitrogen and oxygen atoms in total. The van der Waals surface area contributed by atoms with Crippen LogP contribution in [0.5, 0.6) is 0 Å². The van der Waals surface area contributed by atoms with Crippen molar-refractivity contribution in [2.75, 3.05) is 11.9 Å². The average Bonchev–Trinajstić information content (AvgIpc) is 3.02. The molecule has 0 saturated heterocycles. The van der Waals surface area contributed by atoms with E-state index in [9.17, 15) is 9.59 Å². The summed E-state index contributed by atoms with van der Waals surface area (Å²) >= 11 is 0. The molecule has 0 radical (unpaired) electrons. The van der Waals surface area contributed by atoms with E-state index in [0.29, 0.717) is 5.92 Å². The molecule has 1 N–H and O–H groups in total. The first kappa shape index (κ1) is 17.5. The van der Waals surface area contributed by atoms with Crippen molar-refractivity contribution in [2.45, 2.75) is 26.7 Å². The standard InChI is InChI=1S/C18H20N2O4/c1-4-23-17(22)15-11-24-18(19-15)20-16(21)10-7-13-5-8-14(9-6-13)12(2)3/h5-12H,4H2,1-3H3,(H,19,20,21)/b10-7+. The third kappa shape index (κ3) is 4.81. The number of hydrogen-bond donors (Lipinski definition) is 1. The normalized spacial score (nSPS) is 11.0. The molecule has 0 atom stereocenters. The molecule has 0 spiro atoms. The van der Waals surface area contributed by atoms with Crippen LogP contribution in [-0.2, 0) is 9.53 Å². The summed E-state index contributed by atoms with van der Waals surface area (Å²) in [5.74, 6) is -0.535. The zero-order valence-corrected chi connectivity index (χ0v) is 13.9. The minimum absolute atomic E-state index is 0.0143. The fraction of sp³-hybridized carbons (Fsp3) is 0.278. The molecule has 2 aromatic rings. The van der Waals surface area contributed by atoms with Crippen LogP contribution in [0.4, 0.5) is 6.01 Å². The first-order chi connectivity index (χ1) is 11.5. The number of oxazole rings is 1. The summed E-state index contributed by atoms with van der Waals surface area (Å²) < 4.78 is 9.81. The molecule has 0 fully saturated rings. The van der Waals surface area contributed by atoms with E-state index < -0.39 is 11.9 Å². The Hall–Kier alpha value is -2.89. The van der Waals surface area contributed by atoms with E-state index in [1.807, 2.05) is 24.3 Å². The van der Waals surface area contributed by atoms with Crippen molar-refractivity contribution in [1.82, 2.24) is 4.98 Å². The second-order valence-electron chi connectivity index (χ2n) is 5.40. The van der Waals surface area contributed by atoms with E-state index in [-0.39, 0.29) is 18.3 Å². The highest BCUT2D eigenvalue weighted by atomic mass is 16.5. The van der Waals surface area contributed by atoms with E-state index in [1.54, 1.807) is 13.0 Å². The van der Waals surface area contributed by atoms with Crippen LogP contribution >= 0.6 is 0 Å². The highest BCUT2D eigenvalue weighted by Crippen LogP contribution is 2.15. The van der Waals surface area contributed by atoms with Gasteiger partial charge in [-0.25, -0.2) is 4.79 Å². The summed E-state index contributed by atoms with van der Waals surface area (Å²) in [5, 5.41) is 2.45. The Morgan fingerprint density at radius 3 is 2.62 bits per heavy atom. The number of nitrogens with one attached hydrogen (secondary N) is 1. The summed E-state index contributed by atoms with van der Waals surface area (Å²) in [5.41, 5.74) is 2.16. The molecule has 0 saturated carbocycles. The SMILES string of the molecule is CCOC(=O)c1coc(NC(=O)/C=C/c2ccc(C(C)C)cc2)n1. The molecule has 2 rings (SSSR count). The predicted molar refractivity (Wildman–Crippen MR) is 90.7 cm³/mol. The Morgan fingerprint density at radius 1 is 1.29 bits per heavy atom. The van der Waals surface area contributed by atoms with Crippen molar-refractivity contribution in [1.29, 1.82) is 0 Å². The Labute approximate surface area is 140 Å². The first-order valence-electron chi connectivity index (χ1n) is 7.71. The van der Waals surface area contributed by atoms with Crippen molar-refractivity contribution in [3.63, 3.8) is 0 Å². The number of amides is 1. The van der Waals surface area contributed by atoms with Crippen molar-refractivity contribution in [2.24, 2.45) is 0 Å². The van der Waals surface area contributed by atoms with Crippen LogP contribution < -0.4 is 5.32 Å². The number of anilines is 1. The van der Waals surface area contributed by atoms with Gasteiger partial charge in [-0.3, -0.25) is 10.1 Å². The molecular weight excluding hydrogens is 308 g/mol. The average molecular weight is 328 g/mol. The summed E-state index contributed by atoms with van der Waals surface area (Å²) in [6.45, 7) is 6.18. The fourth-order valence-electron chi connectivity index (χ4n) is 1.94. The molecule has 0 aliphatic carbocycles. The maximum Gasteiger partial charge on any atom is 0.360 e. The number of hydrogen-bond acceptors (Lipinski definition) is 5. The monoisotopic (exact) mass is 328 g/mol. The lowest BCUT2D eigenvalue weighted by atomic mass is 10.0. The van der Waals surface area contributed by atoms with Crippen molar-refractivity contribution in [3.8, 4) is 0 Å². The van der Waals surface area contributed by atoms with Crippen LogP contribution in [0.15, 0.2) is 41.0 Å². The Bertz CT molecular complexity index is 730. The lowest BCUT2D eigenvalue weighted by Crippen LogP contribution is -2.09. The van der Waals surface area contributed by atoms with E-state index in [1.165, 1.54) is 11.6 Å². The lowest BCUT2D eigenvalue weighted by Gasteiger charge is -2.04. The predicted octanol–water partition coefficient (Wildman–Crippen LogP) is 3.63. The Kier molecular flexibility index (Phi) is 5.89. The van der Waals surface area contributed by atoms with Crippen LogP contribution in [0.1, 0.15) is 48.3 Å². The summed E-state index contributed by atoms with van der Waals surface area (Å²) in [4.78, 5) is 27.2. The van der Waals surface area contributed by atoms with E-state index in [2.05, 4.69) is 24.1 Å². The topological polar surface area (TPSA) is 81.4 Å². The molecule has 0 bridgehead atoms. The molecular formula is C18H20N2O4. The zero-order chi connectivity index (χ0) is 17.5. The smallest absolute Gasteiger partial charge is 0.360 e. The summed E-state index contributed by atoms with van der Waals surface area (Å²) in [6, 6.07) is 7.90. The third-order valence-electron chi connectivity index (χ3n) is 3.25. The highest BCUT2D eigenvalue weighted by molar-refractivity contribution is 6.01. The van der Waals surface area contributed by atoms with E-state index in [4.69, 9.17) is 9.15 Å². The fourth-order valence-corrected chi connectivity index (χ4v) is 1.94. The highest BCUT2D eigenvalue weighted by Gasteiger charge is 2.13. The van der Waals surface area contributed by atoms with Crippen LogP contribution in [0.25, 0.3) is 6.08 Å². The number of aromatic nitrogens is 1. The van der Waals surface area contributed by atoms with Crippen LogP contribution in [0.3, 0.4) is 0 Å². The molecule has 24 heavy (non-hydrogen) atoms. The van der Waals surface area contributed by atoms with Gasteiger partial charge < -0.3 is 9.15 Å². The van der Waals surface area contributed by atoms with Gasteiger partial charge in [0.05, 0.1) is 6.61 Å². The van der Waals surface area contributed by atoms with Crippen LogP contribution in [0, 0.1) is 0 Å². The number of rotatable bonds is 6. The largest absolute Gasteiger partial charge is 0.461 e. The number of carbonyl (C=O) groups excluding carboxylic acids is 2. The quantitative estimate of drug-likeness (QED) is 0.647. The number of esters is 1. The van der Waals surface area contributed by atoms with Gasteiger partial charge in [0.2, 0.25) is 0 Å². The van der Waals surface area contributed by atoms with Gasteiger partial charge in [0.1, 0.15) is 6.26 Å². The van der Waals surface area contributed by atoms with Gasteiger partial charge in [0.15, 0.2) is 5.69 Å². The van der Waals surface area contributed by atoms with Gasteiger partial charge in [0.25, 0.3) is 5.91 Å². The Balaban J connectivity index is 1.94. The minimum Gasteiger partial charge on any atom is -0.461 e. The van der Waals surface area contributed by atoms with E-state index in [0.717, 1.165) is 11.8 Å². The molecule has 6 heteroatoms. The van der Waals surface area contributed by atoms with Gasteiger partial charge in [0, 0.05) is 6.08 Å². The molecule has 0 unspecified atom stereocenters. The maximum absolute atomic E-state index is 11.9. The van der Waals surface area contributed by atoms with Crippen LogP contribution in [-0.4, -0.2) is 23.5 Å². The third-order valence-corrected chi connectivity index (χ3v) is 3.25. The van der Waals surface area contributed by atoms with Gasteiger partial charge in [-0.2, -0.15) is 4.98 Å². The number of benzene rings is 1. The minimum atomic E-state index is -0.595. The molecule has 1 aromatic heterocycles. The van der Waals surface area contributed by atoms with Gasteiger partial charge in [-0.1, -0.05) is 38.1 Å². The van der Waals surface area contributed by atoms with Crippen molar-refractivity contribution in [3.05, 3.63) is 53.4 Å². The summed E-state index contributed by atoms with van der Waals surface area (Å²) in [6.07, 6.45) is 4.20. The number of carbonyl (C=O) groups is 2. The van der Waals surface area contributed by atoms with Crippen molar-refractivity contribution >= 4 is 24.0 Å². The molecule has 1 amide bonds. The molecule has 126 valence electrons. The second-order valence-corrected chi connectivity index (χ2v) is 5.40. The van der Waals surface area contributed by atoms with Crippen LogP contribution in [0.2, 0.25) is 0 Å². The molecule has 1 aromatic carbocycles.